The highest BCUT2D eigenvalue weighted by atomic mass is 16.5. The van der Waals surface area contributed by atoms with E-state index < -0.39 is 0 Å². The summed E-state index contributed by atoms with van der Waals surface area (Å²) in [4.78, 5) is 12.8. The first-order valence-electron chi connectivity index (χ1n) is 9.17. The summed E-state index contributed by atoms with van der Waals surface area (Å²) in [6, 6.07) is 10.3. The van der Waals surface area contributed by atoms with Crippen LogP contribution < -0.4 is 5.73 Å². The van der Waals surface area contributed by atoms with Crippen molar-refractivity contribution in [1.29, 1.82) is 0 Å². The average molecular weight is 373 g/mol. The van der Waals surface area contributed by atoms with Gasteiger partial charge in [0.1, 0.15) is 5.69 Å². The SMILES string of the molecule is Cn1nccc1-c1nc(C2(c3ccc(-c4cnc(N)nc4)cc3)CCC2)no1. The minimum absolute atomic E-state index is 0.198. The molecule has 1 fully saturated rings. The maximum Gasteiger partial charge on any atom is 0.276 e. The van der Waals surface area contributed by atoms with E-state index in [1.807, 2.05) is 13.1 Å². The first kappa shape index (κ1) is 16.6. The largest absolute Gasteiger partial charge is 0.368 e. The average Bonchev–Trinajstić information content (AvgIpc) is 3.31. The second kappa shape index (κ2) is 6.26. The molecule has 4 aromatic rings. The summed E-state index contributed by atoms with van der Waals surface area (Å²) >= 11 is 0. The number of rotatable bonds is 4. The van der Waals surface area contributed by atoms with Crippen LogP contribution in [0.1, 0.15) is 30.7 Å². The van der Waals surface area contributed by atoms with Crippen LogP contribution in [0.15, 0.2) is 53.4 Å². The second-order valence-corrected chi connectivity index (χ2v) is 7.11. The highest BCUT2D eigenvalue weighted by Crippen LogP contribution is 2.48. The van der Waals surface area contributed by atoms with Crippen LogP contribution >= 0.6 is 0 Å². The summed E-state index contributed by atoms with van der Waals surface area (Å²) in [5.74, 6) is 1.51. The van der Waals surface area contributed by atoms with Crippen molar-refractivity contribution in [2.24, 2.45) is 7.05 Å². The molecule has 8 heteroatoms. The fraction of sp³-hybridized carbons (Fsp3) is 0.250. The molecule has 0 amide bonds. The van der Waals surface area contributed by atoms with Gasteiger partial charge in [0.2, 0.25) is 5.95 Å². The molecular formula is C20H19N7O. The fourth-order valence-electron chi connectivity index (χ4n) is 3.75. The molecule has 1 saturated carbocycles. The van der Waals surface area contributed by atoms with Crippen molar-refractivity contribution in [3.63, 3.8) is 0 Å². The zero-order chi connectivity index (χ0) is 19.1. The van der Waals surface area contributed by atoms with Crippen LogP contribution in [-0.2, 0) is 12.5 Å². The third kappa shape index (κ3) is 2.57. The van der Waals surface area contributed by atoms with Crippen LogP contribution in [0.5, 0.6) is 0 Å². The van der Waals surface area contributed by atoms with Crippen molar-refractivity contribution in [2.75, 3.05) is 5.73 Å². The lowest BCUT2D eigenvalue weighted by molar-refractivity contribution is 0.273. The Kier molecular flexibility index (Phi) is 3.71. The van der Waals surface area contributed by atoms with Gasteiger partial charge in [-0.25, -0.2) is 9.97 Å². The Labute approximate surface area is 161 Å². The lowest BCUT2D eigenvalue weighted by Gasteiger charge is -2.39. The van der Waals surface area contributed by atoms with Gasteiger partial charge < -0.3 is 10.3 Å². The molecule has 2 N–H and O–H groups in total. The highest BCUT2D eigenvalue weighted by Gasteiger charge is 2.44. The predicted octanol–water partition coefficient (Wildman–Crippen LogP) is 2.98. The summed E-state index contributed by atoms with van der Waals surface area (Å²) in [6.07, 6.45) is 8.33. The molecule has 28 heavy (non-hydrogen) atoms. The lowest BCUT2D eigenvalue weighted by atomic mass is 9.64. The van der Waals surface area contributed by atoms with Gasteiger partial charge in [-0.1, -0.05) is 35.8 Å². The van der Waals surface area contributed by atoms with E-state index in [4.69, 9.17) is 15.2 Å². The van der Waals surface area contributed by atoms with E-state index in [1.165, 1.54) is 5.56 Å². The van der Waals surface area contributed by atoms with Crippen molar-refractivity contribution < 1.29 is 4.52 Å². The Bertz CT molecular complexity index is 1110. The third-order valence-electron chi connectivity index (χ3n) is 5.54. The minimum atomic E-state index is -0.198. The number of nitrogens with zero attached hydrogens (tertiary/aromatic N) is 6. The smallest absolute Gasteiger partial charge is 0.276 e. The monoisotopic (exact) mass is 373 g/mol. The highest BCUT2D eigenvalue weighted by molar-refractivity contribution is 5.63. The van der Waals surface area contributed by atoms with E-state index in [9.17, 15) is 0 Å². The number of aromatic nitrogens is 6. The van der Waals surface area contributed by atoms with Gasteiger partial charge in [-0.3, -0.25) is 4.68 Å². The molecule has 0 bridgehead atoms. The normalized spacial score (nSPS) is 15.3. The van der Waals surface area contributed by atoms with E-state index in [2.05, 4.69) is 44.5 Å². The molecule has 3 heterocycles. The van der Waals surface area contributed by atoms with E-state index >= 15 is 0 Å². The van der Waals surface area contributed by atoms with Crippen molar-refractivity contribution in [1.82, 2.24) is 29.9 Å². The van der Waals surface area contributed by atoms with Crippen LogP contribution in [0.2, 0.25) is 0 Å². The van der Waals surface area contributed by atoms with Crippen LogP contribution in [0.3, 0.4) is 0 Å². The van der Waals surface area contributed by atoms with Gasteiger partial charge in [-0.15, -0.1) is 0 Å². The molecule has 0 unspecified atom stereocenters. The Morgan fingerprint density at radius 2 is 1.79 bits per heavy atom. The van der Waals surface area contributed by atoms with Gasteiger partial charge >= 0.3 is 0 Å². The first-order chi connectivity index (χ1) is 13.7. The number of aryl methyl sites for hydroxylation is 1. The number of hydrogen-bond acceptors (Lipinski definition) is 7. The molecule has 8 nitrogen and oxygen atoms in total. The molecule has 1 aliphatic carbocycles. The van der Waals surface area contributed by atoms with Crippen LogP contribution in [-0.4, -0.2) is 29.9 Å². The Hall–Kier alpha value is -3.55. The molecule has 0 saturated heterocycles. The quantitative estimate of drug-likeness (QED) is 0.586. The predicted molar refractivity (Wildman–Crippen MR) is 103 cm³/mol. The van der Waals surface area contributed by atoms with E-state index in [0.29, 0.717) is 5.89 Å². The second-order valence-electron chi connectivity index (χ2n) is 7.11. The molecule has 3 aromatic heterocycles. The van der Waals surface area contributed by atoms with Crippen molar-refractivity contribution in [2.45, 2.75) is 24.7 Å². The van der Waals surface area contributed by atoms with Crippen molar-refractivity contribution >= 4 is 5.95 Å². The standard InChI is InChI=1S/C20H19N7O/c1-27-16(7-10-24-27)17-25-18(26-28-17)20(8-2-9-20)15-5-3-13(4-6-15)14-11-22-19(21)23-12-14/h3-7,10-12H,2,8-9H2,1H3,(H2,21,22,23). The Balaban J connectivity index is 1.48. The molecule has 0 aliphatic heterocycles. The summed E-state index contributed by atoms with van der Waals surface area (Å²) in [5, 5.41) is 8.48. The Morgan fingerprint density at radius 3 is 2.39 bits per heavy atom. The van der Waals surface area contributed by atoms with E-state index in [1.54, 1.807) is 23.3 Å². The topological polar surface area (TPSA) is 109 Å². The molecule has 0 spiro atoms. The molecule has 0 radical (unpaired) electrons. The maximum atomic E-state index is 5.57. The number of benzene rings is 1. The van der Waals surface area contributed by atoms with Crippen molar-refractivity contribution in [3.8, 4) is 22.7 Å². The minimum Gasteiger partial charge on any atom is -0.368 e. The summed E-state index contributed by atoms with van der Waals surface area (Å²) in [7, 11) is 1.86. The molecule has 5 rings (SSSR count). The van der Waals surface area contributed by atoms with Gasteiger partial charge in [0.15, 0.2) is 5.82 Å². The molecule has 1 aromatic carbocycles. The van der Waals surface area contributed by atoms with E-state index in [-0.39, 0.29) is 11.4 Å². The third-order valence-corrected chi connectivity index (χ3v) is 5.54. The zero-order valence-corrected chi connectivity index (χ0v) is 15.4. The van der Waals surface area contributed by atoms with Crippen LogP contribution in [0, 0.1) is 0 Å². The summed E-state index contributed by atoms with van der Waals surface area (Å²) in [6.45, 7) is 0. The lowest BCUT2D eigenvalue weighted by Crippen LogP contribution is -2.36. The summed E-state index contributed by atoms with van der Waals surface area (Å²) < 4.78 is 7.28. The number of nitrogens with two attached hydrogens (primary N) is 1. The number of anilines is 1. The fourth-order valence-corrected chi connectivity index (χ4v) is 3.75. The first-order valence-corrected chi connectivity index (χ1v) is 9.17. The molecule has 140 valence electrons. The molecular weight excluding hydrogens is 354 g/mol. The van der Waals surface area contributed by atoms with Gasteiger partial charge in [0.05, 0.1) is 5.41 Å². The van der Waals surface area contributed by atoms with Gasteiger partial charge in [-0.05, 0) is 30.0 Å². The van der Waals surface area contributed by atoms with Gasteiger partial charge in [0, 0.05) is 31.2 Å². The van der Waals surface area contributed by atoms with Gasteiger partial charge in [0.25, 0.3) is 5.89 Å². The van der Waals surface area contributed by atoms with Crippen LogP contribution in [0.25, 0.3) is 22.7 Å². The van der Waals surface area contributed by atoms with E-state index in [0.717, 1.165) is 41.9 Å². The number of hydrogen-bond donors (Lipinski definition) is 1. The molecule has 0 atom stereocenters. The van der Waals surface area contributed by atoms with Crippen molar-refractivity contribution in [3.05, 3.63) is 60.3 Å². The Morgan fingerprint density at radius 1 is 1.04 bits per heavy atom. The van der Waals surface area contributed by atoms with Crippen LogP contribution in [0.4, 0.5) is 5.95 Å². The maximum absolute atomic E-state index is 5.57. The molecule has 1 aliphatic rings. The zero-order valence-electron chi connectivity index (χ0n) is 15.4. The van der Waals surface area contributed by atoms with Gasteiger partial charge in [-0.2, -0.15) is 10.1 Å². The number of nitrogen functional groups attached to an aromatic ring is 1. The summed E-state index contributed by atoms with van der Waals surface area (Å²) in [5.41, 5.74) is 9.35.